The number of quaternary nitrogens is 1. The maximum absolute atomic E-state index is 13.2. The lowest BCUT2D eigenvalue weighted by Gasteiger charge is -2.34. The number of halogens is 3. The third-order valence-electron chi connectivity index (χ3n) is 6.09. The van der Waals surface area contributed by atoms with Crippen molar-refractivity contribution in [2.75, 3.05) is 31.2 Å². The Morgan fingerprint density at radius 1 is 1.10 bits per heavy atom. The number of rotatable bonds is 3. The quantitative estimate of drug-likeness (QED) is 0.779. The van der Waals surface area contributed by atoms with Gasteiger partial charge in [-0.2, -0.15) is 13.2 Å². The molecule has 2 amide bonds. The van der Waals surface area contributed by atoms with E-state index in [4.69, 9.17) is 4.74 Å². The van der Waals surface area contributed by atoms with E-state index in [0.29, 0.717) is 13.2 Å². The molecule has 2 atom stereocenters. The van der Waals surface area contributed by atoms with E-state index in [9.17, 15) is 22.8 Å². The second kappa shape index (κ2) is 7.91. The maximum atomic E-state index is 13.2. The van der Waals surface area contributed by atoms with Crippen molar-refractivity contribution < 1.29 is 32.4 Å². The topological polar surface area (TPSA) is 51.1 Å². The first-order valence-corrected chi connectivity index (χ1v) is 10.0. The first-order chi connectivity index (χ1) is 13.9. The van der Waals surface area contributed by atoms with E-state index in [-0.39, 0.29) is 23.9 Å². The third kappa shape index (κ3) is 3.96. The Kier molecular flexibility index (Phi) is 5.48. The van der Waals surface area contributed by atoms with Crippen molar-refractivity contribution in [2.24, 2.45) is 11.8 Å². The van der Waals surface area contributed by atoms with Gasteiger partial charge in [-0.1, -0.05) is 6.07 Å². The molecule has 8 heteroatoms. The summed E-state index contributed by atoms with van der Waals surface area (Å²) in [6.45, 7) is 2.98. The average Bonchev–Trinajstić information content (AvgIpc) is 3.02. The summed E-state index contributed by atoms with van der Waals surface area (Å²) in [5, 5.41) is 0. The van der Waals surface area contributed by atoms with Gasteiger partial charge >= 0.3 is 6.18 Å². The number of nitrogens with zero attached hydrogens (tertiary/aromatic N) is 1. The van der Waals surface area contributed by atoms with Crippen LogP contribution in [0.4, 0.5) is 18.9 Å². The van der Waals surface area contributed by atoms with Gasteiger partial charge in [0, 0.05) is 12.3 Å². The van der Waals surface area contributed by atoms with Gasteiger partial charge in [-0.15, -0.1) is 0 Å². The standard InChI is InChI=1S/C21H23F3N2O3/c22-21(23,24)14-4-3-5-15(12-14)26-19(27)13-17(20(26)28)16-6-1-2-7-18(16)25-8-10-29-11-9-25/h3-5,7,12,16-17H,1-2,6,8-11,13H2/p+1/t16-,17-/m0/s1. The van der Waals surface area contributed by atoms with E-state index >= 15 is 0 Å². The fraction of sp³-hybridized carbons (Fsp3) is 0.524. The molecule has 1 aromatic carbocycles. The number of nitrogens with one attached hydrogen (secondary N) is 1. The van der Waals surface area contributed by atoms with Crippen molar-refractivity contribution >= 4 is 17.5 Å². The number of ether oxygens (including phenoxy) is 1. The monoisotopic (exact) mass is 409 g/mol. The van der Waals surface area contributed by atoms with Crippen LogP contribution in [0, 0.1) is 11.8 Å². The summed E-state index contributed by atoms with van der Waals surface area (Å²) in [7, 11) is 0. The number of benzene rings is 1. The van der Waals surface area contributed by atoms with Gasteiger partial charge in [0.15, 0.2) is 0 Å². The fourth-order valence-corrected chi connectivity index (χ4v) is 4.70. The molecule has 0 bridgehead atoms. The van der Waals surface area contributed by atoms with Crippen LogP contribution in [-0.4, -0.2) is 38.1 Å². The summed E-state index contributed by atoms with van der Waals surface area (Å²) in [5.41, 5.74) is 0.295. The van der Waals surface area contributed by atoms with Crippen LogP contribution in [0.5, 0.6) is 0 Å². The number of amides is 2. The number of carbonyl (C=O) groups is 2. The van der Waals surface area contributed by atoms with E-state index in [2.05, 4.69) is 6.08 Å². The number of carbonyl (C=O) groups excluding carboxylic acids is 2. The van der Waals surface area contributed by atoms with Gasteiger partial charge in [-0.25, -0.2) is 0 Å². The minimum atomic E-state index is -4.53. The van der Waals surface area contributed by atoms with Crippen LogP contribution in [0.1, 0.15) is 31.2 Å². The molecule has 1 aromatic rings. The molecule has 0 radical (unpaired) electrons. The maximum Gasteiger partial charge on any atom is 0.416 e. The number of allylic oxidation sites excluding steroid dienone is 2. The molecule has 1 N–H and O–H groups in total. The van der Waals surface area contributed by atoms with Gasteiger partial charge in [-0.05, 0) is 43.5 Å². The minimum absolute atomic E-state index is 0.00242. The molecule has 2 fully saturated rings. The molecular formula is C21H24F3N2O3+. The number of alkyl halides is 3. The SMILES string of the molecule is O=C1C[C@@H]([C@@H]2CCCC=C2[NH+]2CCOCC2)C(=O)N1c1cccc(C(F)(F)F)c1. The largest absolute Gasteiger partial charge is 0.416 e. The molecule has 0 saturated carbocycles. The van der Waals surface area contributed by atoms with Crippen molar-refractivity contribution in [3.63, 3.8) is 0 Å². The van der Waals surface area contributed by atoms with Crippen molar-refractivity contribution in [3.05, 3.63) is 41.6 Å². The highest BCUT2D eigenvalue weighted by atomic mass is 19.4. The molecule has 1 aliphatic carbocycles. The zero-order valence-electron chi connectivity index (χ0n) is 16.0. The summed E-state index contributed by atoms with van der Waals surface area (Å²) in [4.78, 5) is 28.1. The van der Waals surface area contributed by atoms with Crippen LogP contribution < -0.4 is 9.80 Å². The summed E-state index contributed by atoms with van der Waals surface area (Å²) in [5.74, 6) is -1.39. The smallest absolute Gasteiger partial charge is 0.370 e. The third-order valence-corrected chi connectivity index (χ3v) is 6.09. The highest BCUT2D eigenvalue weighted by Crippen LogP contribution is 2.39. The number of hydrogen-bond donors (Lipinski definition) is 1. The van der Waals surface area contributed by atoms with Crippen LogP contribution in [0.25, 0.3) is 0 Å². The van der Waals surface area contributed by atoms with Gasteiger partial charge in [-0.3, -0.25) is 14.5 Å². The molecule has 0 unspecified atom stereocenters. The Hall–Kier alpha value is -2.19. The van der Waals surface area contributed by atoms with E-state index in [0.717, 1.165) is 55.1 Å². The summed E-state index contributed by atoms with van der Waals surface area (Å²) >= 11 is 0. The van der Waals surface area contributed by atoms with E-state index in [1.807, 2.05) is 0 Å². The summed E-state index contributed by atoms with van der Waals surface area (Å²) in [6, 6.07) is 4.44. The van der Waals surface area contributed by atoms with Crippen LogP contribution in [-0.2, 0) is 20.5 Å². The van der Waals surface area contributed by atoms with Gasteiger partial charge in [0.1, 0.15) is 18.8 Å². The predicted molar refractivity (Wildman–Crippen MR) is 99.0 cm³/mol. The highest BCUT2D eigenvalue weighted by Gasteiger charge is 2.47. The van der Waals surface area contributed by atoms with Crippen molar-refractivity contribution in [1.29, 1.82) is 0 Å². The molecule has 2 heterocycles. The van der Waals surface area contributed by atoms with Crippen molar-refractivity contribution in [1.82, 2.24) is 0 Å². The average molecular weight is 409 g/mol. The Labute approximate surface area is 167 Å². The lowest BCUT2D eigenvalue weighted by atomic mass is 9.80. The van der Waals surface area contributed by atoms with Gasteiger partial charge < -0.3 is 9.64 Å². The van der Waals surface area contributed by atoms with Gasteiger partial charge in [0.2, 0.25) is 11.8 Å². The molecule has 156 valence electrons. The van der Waals surface area contributed by atoms with Crippen molar-refractivity contribution in [2.45, 2.75) is 31.9 Å². The van der Waals surface area contributed by atoms with Gasteiger partial charge in [0.25, 0.3) is 0 Å². The summed E-state index contributed by atoms with van der Waals surface area (Å²) in [6.07, 6.45) is 0.402. The molecule has 5 nitrogen and oxygen atoms in total. The van der Waals surface area contributed by atoms with Crippen LogP contribution in [0.15, 0.2) is 36.0 Å². The first kappa shape index (κ1) is 20.1. The van der Waals surface area contributed by atoms with Crippen LogP contribution in [0.3, 0.4) is 0 Å². The van der Waals surface area contributed by atoms with Crippen LogP contribution in [0.2, 0.25) is 0 Å². The highest BCUT2D eigenvalue weighted by molar-refractivity contribution is 6.21. The molecule has 4 rings (SSSR count). The van der Waals surface area contributed by atoms with E-state index < -0.39 is 23.6 Å². The van der Waals surface area contributed by atoms with Crippen molar-refractivity contribution in [3.8, 4) is 0 Å². The number of imide groups is 1. The number of anilines is 1. The van der Waals surface area contributed by atoms with Gasteiger partial charge in [0.05, 0.1) is 30.4 Å². The zero-order chi connectivity index (χ0) is 20.6. The van der Waals surface area contributed by atoms with E-state index in [1.165, 1.54) is 17.0 Å². The fourth-order valence-electron chi connectivity index (χ4n) is 4.70. The lowest BCUT2D eigenvalue weighted by Crippen LogP contribution is -3.13. The second-order valence-corrected chi connectivity index (χ2v) is 7.84. The molecule has 2 aliphatic heterocycles. The molecule has 0 spiro atoms. The number of morpholine rings is 1. The molecule has 29 heavy (non-hydrogen) atoms. The molecule has 2 saturated heterocycles. The molecule has 3 aliphatic rings. The van der Waals surface area contributed by atoms with Crippen LogP contribution >= 0.6 is 0 Å². The Bertz CT molecular complexity index is 831. The molecular weight excluding hydrogens is 385 g/mol. The Morgan fingerprint density at radius 3 is 2.59 bits per heavy atom. The normalized spacial score (nSPS) is 26.7. The molecule has 0 aromatic heterocycles. The lowest BCUT2D eigenvalue weighted by molar-refractivity contribution is -0.874. The van der Waals surface area contributed by atoms with E-state index in [1.54, 1.807) is 0 Å². The zero-order valence-corrected chi connectivity index (χ0v) is 16.0. The predicted octanol–water partition coefficient (Wildman–Crippen LogP) is 2.18. The Morgan fingerprint density at radius 2 is 1.86 bits per heavy atom. The number of hydrogen-bond acceptors (Lipinski definition) is 3. The first-order valence-electron chi connectivity index (χ1n) is 10.0. The summed E-state index contributed by atoms with van der Waals surface area (Å²) < 4.78 is 44.6. The Balaban J connectivity index is 1.59. The second-order valence-electron chi connectivity index (χ2n) is 7.84. The minimum Gasteiger partial charge on any atom is -0.370 e.